The second-order valence-corrected chi connectivity index (χ2v) is 9.43. The smallest absolute Gasteiger partial charge is 0.270 e. The van der Waals surface area contributed by atoms with E-state index in [-0.39, 0.29) is 17.0 Å². The van der Waals surface area contributed by atoms with Crippen molar-refractivity contribution < 1.29 is 5.11 Å². The summed E-state index contributed by atoms with van der Waals surface area (Å²) in [6.45, 7) is 3.03. The number of aromatic nitrogens is 2. The van der Waals surface area contributed by atoms with E-state index < -0.39 is 5.60 Å². The summed E-state index contributed by atoms with van der Waals surface area (Å²) in [4.78, 5) is 19.3. The number of aliphatic hydroxyl groups is 1. The topological polar surface area (TPSA) is 82.2 Å². The number of anilines is 1. The standard InChI is InChI=1S/C23H22BrClN4O2/c1-14(19-6-4-16(25)13-27-19)23(31)7-9-29(10-8-23)21-17-5-3-15(24)11-20(17)28(2)22(30)18(21)12-26/h3-6,11,13-14,31H,7-10H2,1-2H3/t14-/m1/s1. The zero-order chi connectivity index (χ0) is 22.3. The van der Waals surface area contributed by atoms with E-state index in [1.807, 2.05) is 36.1 Å². The highest BCUT2D eigenvalue weighted by molar-refractivity contribution is 9.10. The van der Waals surface area contributed by atoms with Crippen LogP contribution >= 0.6 is 27.5 Å². The van der Waals surface area contributed by atoms with Gasteiger partial charge in [-0.25, -0.2) is 0 Å². The van der Waals surface area contributed by atoms with Crippen LogP contribution in [0.3, 0.4) is 0 Å². The number of piperidine rings is 1. The lowest BCUT2D eigenvalue weighted by Crippen LogP contribution is -2.48. The highest BCUT2D eigenvalue weighted by atomic mass is 79.9. The van der Waals surface area contributed by atoms with Crippen molar-refractivity contribution in [3.8, 4) is 6.07 Å². The maximum atomic E-state index is 12.9. The van der Waals surface area contributed by atoms with Crippen molar-refractivity contribution in [2.45, 2.75) is 31.3 Å². The van der Waals surface area contributed by atoms with Gasteiger partial charge in [0.05, 0.1) is 21.8 Å². The minimum atomic E-state index is -0.928. The largest absolute Gasteiger partial charge is 0.389 e. The molecule has 31 heavy (non-hydrogen) atoms. The van der Waals surface area contributed by atoms with Gasteiger partial charge >= 0.3 is 0 Å². The zero-order valence-corrected chi connectivity index (χ0v) is 19.6. The first-order valence-corrected chi connectivity index (χ1v) is 11.2. The van der Waals surface area contributed by atoms with Crippen LogP contribution in [0, 0.1) is 11.3 Å². The molecular formula is C23H22BrClN4O2. The highest BCUT2D eigenvalue weighted by Crippen LogP contribution is 2.39. The van der Waals surface area contributed by atoms with E-state index in [9.17, 15) is 15.2 Å². The number of nitrogens with zero attached hydrogens (tertiary/aromatic N) is 4. The Morgan fingerprint density at radius 1 is 1.29 bits per heavy atom. The summed E-state index contributed by atoms with van der Waals surface area (Å²) in [5, 5.41) is 22.5. The molecule has 1 atom stereocenters. The van der Waals surface area contributed by atoms with Gasteiger partial charge in [0.2, 0.25) is 0 Å². The second-order valence-electron chi connectivity index (χ2n) is 8.07. The van der Waals surface area contributed by atoms with Crippen molar-refractivity contribution in [3.05, 3.63) is 67.6 Å². The van der Waals surface area contributed by atoms with E-state index in [2.05, 4.69) is 27.0 Å². The van der Waals surface area contributed by atoms with Crippen LogP contribution in [0.25, 0.3) is 10.9 Å². The maximum absolute atomic E-state index is 12.9. The number of rotatable bonds is 3. The molecule has 6 nitrogen and oxygen atoms in total. The van der Waals surface area contributed by atoms with Crippen molar-refractivity contribution in [2.75, 3.05) is 18.0 Å². The lowest BCUT2D eigenvalue weighted by atomic mass is 9.78. The molecule has 0 saturated carbocycles. The molecule has 8 heteroatoms. The van der Waals surface area contributed by atoms with Gasteiger partial charge < -0.3 is 14.6 Å². The average molecular weight is 502 g/mol. The molecule has 0 spiro atoms. The fraction of sp³-hybridized carbons (Fsp3) is 0.348. The first-order chi connectivity index (χ1) is 14.7. The number of hydrogen-bond acceptors (Lipinski definition) is 5. The van der Waals surface area contributed by atoms with Gasteiger partial charge in [0.1, 0.15) is 11.6 Å². The highest BCUT2D eigenvalue weighted by Gasteiger charge is 2.39. The van der Waals surface area contributed by atoms with Gasteiger partial charge in [-0.1, -0.05) is 34.5 Å². The molecule has 0 radical (unpaired) electrons. The van der Waals surface area contributed by atoms with Gasteiger partial charge in [-0.2, -0.15) is 5.26 Å². The first kappa shape index (κ1) is 21.8. The van der Waals surface area contributed by atoms with Gasteiger partial charge in [-0.3, -0.25) is 9.78 Å². The molecule has 1 saturated heterocycles. The zero-order valence-electron chi connectivity index (χ0n) is 17.3. The molecular weight excluding hydrogens is 480 g/mol. The minimum absolute atomic E-state index is 0.134. The number of halogens is 2. The fourth-order valence-electron chi connectivity index (χ4n) is 4.39. The molecule has 1 fully saturated rings. The predicted octanol–water partition coefficient (Wildman–Crippen LogP) is 4.36. The second kappa shape index (κ2) is 8.27. The van der Waals surface area contributed by atoms with E-state index >= 15 is 0 Å². The molecule has 0 aliphatic carbocycles. The number of hydrogen-bond donors (Lipinski definition) is 1. The molecule has 1 aliphatic rings. The van der Waals surface area contributed by atoms with Crippen LogP contribution in [0.15, 0.2) is 45.8 Å². The molecule has 0 bridgehead atoms. The molecule has 0 amide bonds. The summed E-state index contributed by atoms with van der Waals surface area (Å²) in [6.07, 6.45) is 2.59. The lowest BCUT2D eigenvalue weighted by Gasteiger charge is -2.43. The minimum Gasteiger partial charge on any atom is -0.389 e. The van der Waals surface area contributed by atoms with E-state index in [0.29, 0.717) is 36.6 Å². The molecule has 3 aromatic rings. The molecule has 2 aromatic heterocycles. The van der Waals surface area contributed by atoms with Gasteiger partial charge in [0.15, 0.2) is 0 Å². The van der Waals surface area contributed by atoms with E-state index in [1.165, 1.54) is 4.57 Å². The first-order valence-electron chi connectivity index (χ1n) is 10.1. The number of nitriles is 1. The summed E-state index contributed by atoms with van der Waals surface area (Å²) in [7, 11) is 1.68. The van der Waals surface area contributed by atoms with Crippen LogP contribution < -0.4 is 10.5 Å². The Morgan fingerprint density at radius 3 is 2.61 bits per heavy atom. The molecule has 1 aliphatic heterocycles. The molecule has 3 heterocycles. The lowest BCUT2D eigenvalue weighted by molar-refractivity contribution is -0.00662. The summed E-state index contributed by atoms with van der Waals surface area (Å²) in [5.41, 5.74) is 1.09. The monoisotopic (exact) mass is 500 g/mol. The van der Waals surface area contributed by atoms with Crippen LogP contribution in [0.4, 0.5) is 5.69 Å². The Balaban J connectivity index is 1.69. The van der Waals surface area contributed by atoms with Gasteiger partial charge in [0, 0.05) is 47.8 Å². The van der Waals surface area contributed by atoms with Gasteiger partial charge in [-0.15, -0.1) is 0 Å². The van der Waals surface area contributed by atoms with Gasteiger partial charge in [0.25, 0.3) is 5.56 Å². The summed E-state index contributed by atoms with van der Waals surface area (Å²) in [6, 6.07) is 11.5. The summed E-state index contributed by atoms with van der Waals surface area (Å²) < 4.78 is 2.37. The SMILES string of the molecule is C[C@H](c1ccc(Cl)cn1)C1(O)CCN(c2c(C#N)c(=O)n(C)c3cc(Br)ccc23)CC1. The number of pyridine rings is 2. The van der Waals surface area contributed by atoms with Crippen molar-refractivity contribution in [3.63, 3.8) is 0 Å². The molecule has 0 unspecified atom stereocenters. The van der Waals surface area contributed by atoms with Gasteiger partial charge in [-0.05, 0) is 43.2 Å². The van der Waals surface area contributed by atoms with Crippen molar-refractivity contribution in [1.29, 1.82) is 5.26 Å². The average Bonchev–Trinajstić information content (AvgIpc) is 2.77. The normalized spacial score (nSPS) is 16.8. The Labute approximate surface area is 193 Å². The maximum Gasteiger partial charge on any atom is 0.270 e. The molecule has 4 rings (SSSR count). The van der Waals surface area contributed by atoms with Crippen LogP contribution in [0.2, 0.25) is 5.02 Å². The summed E-state index contributed by atoms with van der Waals surface area (Å²) in [5.74, 6) is -0.168. The molecule has 160 valence electrons. The third-order valence-electron chi connectivity index (χ3n) is 6.39. The van der Waals surface area contributed by atoms with Crippen LogP contribution in [-0.4, -0.2) is 33.3 Å². The number of fused-ring (bicyclic) bond motifs is 1. The Morgan fingerprint density at radius 2 is 2.00 bits per heavy atom. The quantitative estimate of drug-likeness (QED) is 0.577. The van der Waals surface area contributed by atoms with Crippen molar-refractivity contribution in [2.24, 2.45) is 7.05 Å². The van der Waals surface area contributed by atoms with E-state index in [0.717, 1.165) is 21.1 Å². The van der Waals surface area contributed by atoms with E-state index in [4.69, 9.17) is 11.6 Å². The predicted molar refractivity (Wildman–Crippen MR) is 126 cm³/mol. The van der Waals surface area contributed by atoms with Crippen LogP contribution in [0.5, 0.6) is 0 Å². The van der Waals surface area contributed by atoms with Crippen molar-refractivity contribution in [1.82, 2.24) is 9.55 Å². The number of benzene rings is 1. The fourth-order valence-corrected chi connectivity index (χ4v) is 4.85. The Kier molecular flexibility index (Phi) is 5.82. The Bertz CT molecular complexity index is 1240. The molecule has 1 aromatic carbocycles. The Hall–Kier alpha value is -2.40. The van der Waals surface area contributed by atoms with Crippen LogP contribution in [0.1, 0.15) is 36.9 Å². The molecule has 1 N–H and O–H groups in total. The third-order valence-corrected chi connectivity index (χ3v) is 7.11. The number of aryl methyl sites for hydroxylation is 1. The third kappa shape index (κ3) is 3.84. The van der Waals surface area contributed by atoms with Crippen molar-refractivity contribution >= 4 is 44.1 Å². The van der Waals surface area contributed by atoms with Crippen LogP contribution in [-0.2, 0) is 7.05 Å². The summed E-state index contributed by atoms with van der Waals surface area (Å²) >= 11 is 9.41. The van der Waals surface area contributed by atoms with E-state index in [1.54, 1.807) is 19.3 Å².